The van der Waals surface area contributed by atoms with Gasteiger partial charge in [0.15, 0.2) is 0 Å². The van der Waals surface area contributed by atoms with Crippen LogP contribution < -0.4 is 10.1 Å². The first-order valence-electron chi connectivity index (χ1n) is 6.92. The van der Waals surface area contributed by atoms with Crippen molar-refractivity contribution < 1.29 is 14.6 Å². The number of hydrogen-bond acceptors (Lipinski definition) is 4. The molecule has 20 heavy (non-hydrogen) atoms. The van der Waals surface area contributed by atoms with E-state index < -0.39 is 5.97 Å². The van der Waals surface area contributed by atoms with Gasteiger partial charge in [0.1, 0.15) is 17.9 Å². The molecule has 0 atom stereocenters. The summed E-state index contributed by atoms with van der Waals surface area (Å²) in [5.74, 6) is -0.536. The molecule has 0 unspecified atom stereocenters. The van der Waals surface area contributed by atoms with E-state index in [1.807, 2.05) is 0 Å². The number of rotatable bonds is 10. The number of aromatic carboxylic acids is 1. The number of ether oxygens (including phenoxy) is 1. The summed E-state index contributed by atoms with van der Waals surface area (Å²) in [7, 11) is 4.14. The molecule has 112 valence electrons. The largest absolute Gasteiger partial charge is 0.491 e. The van der Waals surface area contributed by atoms with E-state index in [1.165, 1.54) is 6.42 Å². The predicted molar refractivity (Wildman–Crippen MR) is 79.6 cm³/mol. The van der Waals surface area contributed by atoms with Crippen molar-refractivity contribution in [2.24, 2.45) is 0 Å². The van der Waals surface area contributed by atoms with Crippen molar-refractivity contribution in [2.45, 2.75) is 12.8 Å². The molecule has 0 saturated carbocycles. The zero-order chi connectivity index (χ0) is 14.8. The highest BCUT2D eigenvalue weighted by molar-refractivity contribution is 5.90. The van der Waals surface area contributed by atoms with Gasteiger partial charge in [-0.05, 0) is 52.2 Å². The van der Waals surface area contributed by atoms with E-state index in [4.69, 9.17) is 9.84 Å². The standard InChI is InChI=1S/C15H24N2O3/c1-17(2)11-6-5-9-16-10-12-20-14-8-4-3-7-13(14)15(18)19/h3-4,7-8,16H,5-6,9-12H2,1-2H3,(H,18,19). The Labute approximate surface area is 120 Å². The summed E-state index contributed by atoms with van der Waals surface area (Å²) < 4.78 is 5.49. The summed E-state index contributed by atoms with van der Waals surface area (Å²) in [6, 6.07) is 6.70. The van der Waals surface area contributed by atoms with Crippen LogP contribution in [0.1, 0.15) is 23.2 Å². The Kier molecular flexibility index (Phi) is 7.69. The molecular formula is C15H24N2O3. The molecular weight excluding hydrogens is 256 g/mol. The predicted octanol–water partition coefficient (Wildman–Crippen LogP) is 1.69. The molecule has 1 aromatic carbocycles. The first kappa shape index (κ1) is 16.5. The molecule has 0 aliphatic rings. The summed E-state index contributed by atoms with van der Waals surface area (Å²) in [4.78, 5) is 13.2. The molecule has 0 aromatic heterocycles. The minimum atomic E-state index is -0.961. The number of carboxylic acids is 1. The lowest BCUT2D eigenvalue weighted by Crippen LogP contribution is -2.23. The van der Waals surface area contributed by atoms with Gasteiger partial charge in [0.2, 0.25) is 0 Å². The highest BCUT2D eigenvalue weighted by Crippen LogP contribution is 2.17. The molecule has 0 saturated heterocycles. The minimum absolute atomic E-state index is 0.207. The summed E-state index contributed by atoms with van der Waals surface area (Å²) in [6.45, 7) is 3.25. The highest BCUT2D eigenvalue weighted by atomic mass is 16.5. The molecule has 0 amide bonds. The molecule has 1 aromatic rings. The second-order valence-electron chi connectivity index (χ2n) is 4.91. The second-order valence-corrected chi connectivity index (χ2v) is 4.91. The van der Waals surface area contributed by atoms with Crippen molar-refractivity contribution in [1.29, 1.82) is 0 Å². The Morgan fingerprint density at radius 2 is 2.00 bits per heavy atom. The number of hydrogen-bond donors (Lipinski definition) is 2. The molecule has 0 fully saturated rings. The number of carbonyl (C=O) groups is 1. The first-order valence-corrected chi connectivity index (χ1v) is 6.92. The van der Waals surface area contributed by atoms with E-state index in [0.29, 0.717) is 12.4 Å². The highest BCUT2D eigenvalue weighted by Gasteiger charge is 2.09. The number of nitrogens with one attached hydrogen (secondary N) is 1. The van der Waals surface area contributed by atoms with E-state index in [2.05, 4.69) is 24.3 Å². The molecule has 5 nitrogen and oxygen atoms in total. The topological polar surface area (TPSA) is 61.8 Å². The van der Waals surface area contributed by atoms with Gasteiger partial charge in [-0.15, -0.1) is 0 Å². The average Bonchev–Trinajstić information content (AvgIpc) is 2.41. The van der Waals surface area contributed by atoms with E-state index in [-0.39, 0.29) is 5.56 Å². The number of unbranched alkanes of at least 4 members (excludes halogenated alkanes) is 1. The number of benzene rings is 1. The van der Waals surface area contributed by atoms with Crippen LogP contribution in [0.5, 0.6) is 5.75 Å². The van der Waals surface area contributed by atoms with Crippen molar-refractivity contribution in [1.82, 2.24) is 10.2 Å². The summed E-state index contributed by atoms with van der Waals surface area (Å²) in [5, 5.41) is 12.3. The molecule has 0 heterocycles. The van der Waals surface area contributed by atoms with Crippen molar-refractivity contribution in [3.63, 3.8) is 0 Å². The molecule has 1 rings (SSSR count). The van der Waals surface area contributed by atoms with Crippen LogP contribution in [0.4, 0.5) is 0 Å². The molecule has 0 bridgehead atoms. The zero-order valence-electron chi connectivity index (χ0n) is 12.3. The number of nitrogens with zero attached hydrogens (tertiary/aromatic N) is 1. The minimum Gasteiger partial charge on any atom is -0.491 e. The maximum absolute atomic E-state index is 11.0. The molecule has 0 aliphatic heterocycles. The number of carboxylic acid groups (broad SMARTS) is 1. The van der Waals surface area contributed by atoms with Crippen LogP contribution in [0.2, 0.25) is 0 Å². The fourth-order valence-electron chi connectivity index (χ4n) is 1.81. The molecule has 0 aliphatic carbocycles. The van der Waals surface area contributed by atoms with Gasteiger partial charge in [0, 0.05) is 6.54 Å². The fourth-order valence-corrected chi connectivity index (χ4v) is 1.81. The Hall–Kier alpha value is -1.59. The van der Waals surface area contributed by atoms with Gasteiger partial charge in [-0.2, -0.15) is 0 Å². The average molecular weight is 280 g/mol. The Bertz CT molecular complexity index is 408. The monoisotopic (exact) mass is 280 g/mol. The Balaban J connectivity index is 2.14. The van der Waals surface area contributed by atoms with Crippen LogP contribution in [0.25, 0.3) is 0 Å². The van der Waals surface area contributed by atoms with E-state index in [0.717, 1.165) is 26.1 Å². The van der Waals surface area contributed by atoms with Gasteiger partial charge in [0.05, 0.1) is 0 Å². The van der Waals surface area contributed by atoms with Gasteiger partial charge in [-0.1, -0.05) is 12.1 Å². The van der Waals surface area contributed by atoms with Crippen molar-refractivity contribution in [3.05, 3.63) is 29.8 Å². The third-order valence-electron chi connectivity index (χ3n) is 2.86. The lowest BCUT2D eigenvalue weighted by Gasteiger charge is -2.11. The van der Waals surface area contributed by atoms with Crippen LogP contribution in [0.3, 0.4) is 0 Å². The van der Waals surface area contributed by atoms with E-state index in [1.54, 1.807) is 24.3 Å². The molecule has 2 N–H and O–H groups in total. The van der Waals surface area contributed by atoms with Crippen LogP contribution in [0.15, 0.2) is 24.3 Å². The lowest BCUT2D eigenvalue weighted by molar-refractivity contribution is 0.0692. The zero-order valence-corrected chi connectivity index (χ0v) is 12.3. The van der Waals surface area contributed by atoms with Gasteiger partial charge in [-0.3, -0.25) is 0 Å². The summed E-state index contributed by atoms with van der Waals surface area (Å²) in [6.07, 6.45) is 2.30. The maximum Gasteiger partial charge on any atom is 0.339 e. The lowest BCUT2D eigenvalue weighted by atomic mass is 10.2. The Morgan fingerprint density at radius 1 is 1.25 bits per heavy atom. The smallest absolute Gasteiger partial charge is 0.339 e. The quantitative estimate of drug-likeness (QED) is 0.639. The molecule has 5 heteroatoms. The van der Waals surface area contributed by atoms with Crippen molar-refractivity contribution in [3.8, 4) is 5.75 Å². The van der Waals surface area contributed by atoms with Crippen LogP contribution in [-0.4, -0.2) is 56.3 Å². The summed E-state index contributed by atoms with van der Waals surface area (Å²) in [5.41, 5.74) is 0.207. The normalized spacial score (nSPS) is 10.8. The van der Waals surface area contributed by atoms with Crippen molar-refractivity contribution in [2.75, 3.05) is 40.3 Å². The van der Waals surface area contributed by atoms with Gasteiger partial charge < -0.3 is 20.1 Å². The van der Waals surface area contributed by atoms with Crippen LogP contribution in [-0.2, 0) is 0 Å². The summed E-state index contributed by atoms with van der Waals surface area (Å²) >= 11 is 0. The van der Waals surface area contributed by atoms with Gasteiger partial charge in [-0.25, -0.2) is 4.79 Å². The Morgan fingerprint density at radius 3 is 2.70 bits per heavy atom. The first-order chi connectivity index (χ1) is 9.61. The number of para-hydroxylation sites is 1. The van der Waals surface area contributed by atoms with Crippen LogP contribution >= 0.6 is 0 Å². The third kappa shape index (κ3) is 6.54. The van der Waals surface area contributed by atoms with Crippen LogP contribution in [0, 0.1) is 0 Å². The van der Waals surface area contributed by atoms with Crippen molar-refractivity contribution >= 4 is 5.97 Å². The fraction of sp³-hybridized carbons (Fsp3) is 0.533. The van der Waals surface area contributed by atoms with E-state index >= 15 is 0 Å². The van der Waals surface area contributed by atoms with E-state index in [9.17, 15) is 4.79 Å². The SMILES string of the molecule is CN(C)CCCCNCCOc1ccccc1C(=O)O. The molecule has 0 radical (unpaired) electrons. The molecule has 0 spiro atoms. The van der Waals surface area contributed by atoms with Gasteiger partial charge >= 0.3 is 5.97 Å². The maximum atomic E-state index is 11.0. The second kappa shape index (κ2) is 9.34. The third-order valence-corrected chi connectivity index (χ3v) is 2.86. The van der Waals surface area contributed by atoms with Gasteiger partial charge in [0.25, 0.3) is 0 Å².